The van der Waals surface area contributed by atoms with Crippen LogP contribution in [-0.2, 0) is 23.9 Å². The number of nitrogens with one attached hydrogen (secondary N) is 3. The van der Waals surface area contributed by atoms with E-state index in [1.807, 2.05) is 20.8 Å². The molecule has 3 aliphatic carbocycles. The Balaban J connectivity index is 1.48. The van der Waals surface area contributed by atoms with E-state index in [0.717, 1.165) is 32.1 Å². The molecule has 1 saturated heterocycles. The number of Topliss-reactive ketones (excluding diaryl/α,β-unsaturated/α-hetero) is 1. The van der Waals surface area contributed by atoms with E-state index in [0.29, 0.717) is 18.9 Å². The van der Waals surface area contributed by atoms with Crippen LogP contribution < -0.4 is 21.7 Å². The van der Waals surface area contributed by atoms with Gasteiger partial charge in [-0.25, -0.2) is 9.59 Å². The van der Waals surface area contributed by atoms with Crippen LogP contribution >= 0.6 is 0 Å². The van der Waals surface area contributed by atoms with Crippen LogP contribution in [0.5, 0.6) is 0 Å². The Kier molecular flexibility index (Phi) is 9.44. The van der Waals surface area contributed by atoms with Gasteiger partial charge in [0.2, 0.25) is 11.8 Å². The van der Waals surface area contributed by atoms with E-state index < -0.39 is 41.8 Å². The lowest BCUT2D eigenvalue weighted by Crippen LogP contribution is -2.62. The molecule has 12 heteroatoms. The Hall–Kier alpha value is -2.89. The van der Waals surface area contributed by atoms with E-state index in [4.69, 9.17) is 10.5 Å². The number of nitrogens with zero attached hydrogens (tertiary/aromatic N) is 1. The fourth-order valence-electron chi connectivity index (χ4n) is 6.68. The molecule has 0 aromatic rings. The van der Waals surface area contributed by atoms with Crippen molar-refractivity contribution in [1.82, 2.24) is 20.9 Å². The number of hydrogen-bond acceptors (Lipinski definition) is 8. The Morgan fingerprint density at radius 1 is 1.02 bits per heavy atom. The third-order valence-electron chi connectivity index (χ3n) is 9.90. The van der Waals surface area contributed by atoms with Crippen molar-refractivity contribution in [2.75, 3.05) is 26.8 Å². The third-order valence-corrected chi connectivity index (χ3v) is 9.90. The van der Waals surface area contributed by atoms with Gasteiger partial charge in [-0.1, -0.05) is 53.9 Å². The van der Waals surface area contributed by atoms with Crippen molar-refractivity contribution in [3.63, 3.8) is 0 Å². The molecule has 42 heavy (non-hydrogen) atoms. The first-order valence-corrected chi connectivity index (χ1v) is 15.3. The van der Waals surface area contributed by atoms with Gasteiger partial charge in [0.1, 0.15) is 18.7 Å². The molecule has 3 unspecified atom stereocenters. The van der Waals surface area contributed by atoms with Gasteiger partial charge < -0.3 is 36.1 Å². The highest BCUT2D eigenvalue weighted by Gasteiger charge is 2.70. The molecule has 0 aromatic heterocycles. The molecule has 0 aromatic carbocycles. The lowest BCUT2D eigenvalue weighted by atomic mass is 9.80. The summed E-state index contributed by atoms with van der Waals surface area (Å²) >= 11 is 0. The highest BCUT2D eigenvalue weighted by Crippen LogP contribution is 2.65. The van der Waals surface area contributed by atoms with Gasteiger partial charge in [-0.3, -0.25) is 14.4 Å². The predicted molar refractivity (Wildman–Crippen MR) is 154 cm³/mol. The van der Waals surface area contributed by atoms with Crippen molar-refractivity contribution in [3.05, 3.63) is 0 Å². The van der Waals surface area contributed by atoms with E-state index >= 15 is 0 Å². The molecule has 236 valence electrons. The predicted octanol–water partition coefficient (Wildman–Crippen LogP) is 1.95. The van der Waals surface area contributed by atoms with E-state index in [9.17, 15) is 24.0 Å². The molecule has 0 radical (unpaired) electrons. The van der Waals surface area contributed by atoms with E-state index in [1.165, 1.54) is 7.11 Å². The molecule has 4 fully saturated rings. The summed E-state index contributed by atoms with van der Waals surface area (Å²) < 4.78 is 9.68. The summed E-state index contributed by atoms with van der Waals surface area (Å²) in [5, 5.41) is 8.71. The quantitative estimate of drug-likeness (QED) is 0.250. The third kappa shape index (κ3) is 7.01. The first kappa shape index (κ1) is 32.0. The molecule has 4 aliphatic rings. The number of piperidine rings is 1. The minimum Gasteiger partial charge on any atom is -0.438 e. The minimum absolute atomic E-state index is 0.0325. The number of carbonyl (C=O) groups excluding carboxylic acids is 5. The Morgan fingerprint density at radius 2 is 1.69 bits per heavy atom. The molecule has 6 atom stereocenters. The Morgan fingerprint density at radius 3 is 2.21 bits per heavy atom. The maximum atomic E-state index is 14.2. The lowest BCUT2D eigenvalue weighted by Gasteiger charge is -2.39. The molecular weight excluding hydrogens is 542 g/mol. The molecule has 3 saturated carbocycles. The Bertz CT molecular complexity index is 1060. The van der Waals surface area contributed by atoms with Crippen molar-refractivity contribution >= 4 is 29.8 Å². The van der Waals surface area contributed by atoms with Crippen LogP contribution in [0.3, 0.4) is 0 Å². The monoisotopic (exact) mass is 591 g/mol. The number of urea groups is 1. The second-order valence-corrected chi connectivity index (χ2v) is 14.3. The normalized spacial score (nSPS) is 26.5. The van der Waals surface area contributed by atoms with Crippen LogP contribution in [-0.4, -0.2) is 85.7 Å². The number of ketones is 1. The average molecular weight is 592 g/mol. The molecule has 4 amide bonds. The second-order valence-electron chi connectivity index (χ2n) is 14.3. The van der Waals surface area contributed by atoms with Gasteiger partial charge in [-0.15, -0.1) is 0 Å². The number of rotatable bonds is 12. The van der Waals surface area contributed by atoms with E-state index in [-0.39, 0.29) is 53.9 Å². The largest absolute Gasteiger partial charge is 0.508 e. The maximum Gasteiger partial charge on any atom is 0.508 e. The van der Waals surface area contributed by atoms with Crippen molar-refractivity contribution in [2.24, 2.45) is 40.2 Å². The van der Waals surface area contributed by atoms with Gasteiger partial charge in [0.15, 0.2) is 5.78 Å². The fraction of sp³-hybridized carbons (Fsp3) is 0.833. The molecular formula is C30H49N5O7. The summed E-state index contributed by atoms with van der Waals surface area (Å²) in [6, 6.07) is -3.29. The molecule has 4 rings (SSSR count). The van der Waals surface area contributed by atoms with Crippen LogP contribution in [0.4, 0.5) is 9.59 Å². The molecule has 12 nitrogen and oxygen atoms in total. The van der Waals surface area contributed by atoms with Crippen LogP contribution in [0, 0.1) is 34.5 Å². The SMILES string of the molecule is COC(=O)OC[C@@H](NC(=O)NC(C(=O)N1C[C@H]2[C@@H](C1C(=O)NC(CC1CC1)C(=O)CN)C2(C)C)C(C)(C)C)C1CCC1. The minimum atomic E-state index is -0.926. The van der Waals surface area contributed by atoms with Gasteiger partial charge in [0.05, 0.1) is 25.7 Å². The lowest BCUT2D eigenvalue weighted by molar-refractivity contribution is -0.144. The van der Waals surface area contributed by atoms with Crippen molar-refractivity contribution in [3.8, 4) is 0 Å². The second kappa shape index (κ2) is 12.4. The van der Waals surface area contributed by atoms with Crippen molar-refractivity contribution < 1.29 is 33.4 Å². The average Bonchev–Trinajstić information content (AvgIpc) is 3.74. The van der Waals surface area contributed by atoms with Crippen LogP contribution in [0.2, 0.25) is 0 Å². The molecule has 1 heterocycles. The zero-order chi connectivity index (χ0) is 31.0. The summed E-state index contributed by atoms with van der Waals surface area (Å²) in [5.41, 5.74) is 4.87. The zero-order valence-corrected chi connectivity index (χ0v) is 25.9. The number of methoxy groups -OCH3 is 1. The summed E-state index contributed by atoms with van der Waals surface area (Å²) in [6.45, 7) is 10.0. The van der Waals surface area contributed by atoms with Crippen LogP contribution in [0.25, 0.3) is 0 Å². The number of fused-ring (bicyclic) bond motifs is 1. The molecule has 0 bridgehead atoms. The van der Waals surface area contributed by atoms with Crippen LogP contribution in [0.15, 0.2) is 0 Å². The van der Waals surface area contributed by atoms with Gasteiger partial charge in [-0.2, -0.15) is 0 Å². The smallest absolute Gasteiger partial charge is 0.438 e. The van der Waals surface area contributed by atoms with Crippen molar-refractivity contribution in [2.45, 2.75) is 97.3 Å². The fourth-order valence-corrected chi connectivity index (χ4v) is 6.68. The van der Waals surface area contributed by atoms with Gasteiger partial charge in [-0.05, 0) is 53.8 Å². The number of likely N-dealkylation sites (tertiary alicyclic amines) is 1. The van der Waals surface area contributed by atoms with E-state index in [2.05, 4.69) is 34.5 Å². The zero-order valence-electron chi connectivity index (χ0n) is 25.9. The van der Waals surface area contributed by atoms with Gasteiger partial charge in [0, 0.05) is 6.54 Å². The molecule has 1 aliphatic heterocycles. The number of amides is 4. The first-order chi connectivity index (χ1) is 19.7. The number of nitrogens with two attached hydrogens (primary N) is 1. The van der Waals surface area contributed by atoms with Gasteiger partial charge in [0.25, 0.3) is 0 Å². The van der Waals surface area contributed by atoms with Gasteiger partial charge >= 0.3 is 12.2 Å². The van der Waals surface area contributed by atoms with E-state index in [1.54, 1.807) is 4.90 Å². The number of hydrogen-bond donors (Lipinski definition) is 4. The van der Waals surface area contributed by atoms with Crippen LogP contribution in [0.1, 0.15) is 73.1 Å². The number of carbonyl (C=O) groups is 5. The topological polar surface area (TPSA) is 169 Å². The molecule has 5 N–H and O–H groups in total. The molecule has 0 spiro atoms. The Labute approximate surface area is 248 Å². The summed E-state index contributed by atoms with van der Waals surface area (Å²) in [4.78, 5) is 66.9. The highest BCUT2D eigenvalue weighted by molar-refractivity contribution is 5.96. The summed E-state index contributed by atoms with van der Waals surface area (Å²) in [7, 11) is 1.22. The standard InChI is InChI=1S/C30H49N5O7/c1-29(2,3)24(34-27(39)33-20(17-8-7-9-17)15-42-28(40)41-6)26(38)35-14-18-22(30(18,4)5)23(35)25(37)32-19(21(36)13-31)12-16-10-11-16/h16-20,22-24H,7-15,31H2,1-6H3,(H,32,37)(H2,33,34,39)/t18-,19?,20+,22-,23?,24?/m0/s1. The van der Waals surface area contributed by atoms with Crippen molar-refractivity contribution in [1.29, 1.82) is 0 Å². The summed E-state index contributed by atoms with van der Waals surface area (Å²) in [5.74, 6) is -0.203. The number of ether oxygens (including phenoxy) is 2. The summed E-state index contributed by atoms with van der Waals surface area (Å²) in [6.07, 6.45) is 4.64. The first-order valence-electron chi connectivity index (χ1n) is 15.3. The maximum absolute atomic E-state index is 14.2. The highest BCUT2D eigenvalue weighted by atomic mass is 16.7.